The van der Waals surface area contributed by atoms with Crippen LogP contribution in [0.25, 0.3) is 0 Å². The van der Waals surface area contributed by atoms with Gasteiger partial charge in [-0.25, -0.2) is 16.8 Å². The third-order valence-corrected chi connectivity index (χ3v) is 4.65. The highest BCUT2D eigenvalue weighted by atomic mass is 33.1. The zero-order chi connectivity index (χ0) is 9.61. The number of hydrogen-bond acceptors (Lipinski definition) is 4. The minimum absolute atomic E-state index is 0.230. The van der Waals surface area contributed by atoms with Crippen LogP contribution in [0.5, 0.6) is 0 Å². The molecule has 0 saturated heterocycles. The topological polar surface area (TPSA) is 68.3 Å². The molecule has 0 radical (unpaired) electrons. The van der Waals surface area contributed by atoms with Gasteiger partial charge >= 0.3 is 0 Å². The normalized spacial score (nSPS) is 12.2. The summed E-state index contributed by atoms with van der Waals surface area (Å²) in [6.07, 6.45) is 3.17. The van der Waals surface area contributed by atoms with Crippen LogP contribution in [-0.2, 0) is 18.6 Å². The lowest BCUT2D eigenvalue weighted by Crippen LogP contribution is -2.06. The molecular formula is C6H14O4S2. The second-order valence-corrected chi connectivity index (χ2v) is 7.15. The molecule has 0 aromatic carbocycles. The van der Waals surface area contributed by atoms with Crippen molar-refractivity contribution in [3.8, 4) is 0 Å². The summed E-state index contributed by atoms with van der Waals surface area (Å²) < 4.78 is 41.7. The van der Waals surface area contributed by atoms with Crippen LogP contribution in [0.3, 0.4) is 0 Å². The monoisotopic (exact) mass is 214 g/mol. The van der Waals surface area contributed by atoms with E-state index in [0.717, 1.165) is 19.3 Å². The molecule has 0 spiro atoms. The highest BCUT2D eigenvalue weighted by molar-refractivity contribution is 8.59. The minimum Gasteiger partial charge on any atom is -0.216 e. The van der Waals surface area contributed by atoms with Crippen molar-refractivity contribution in [3.63, 3.8) is 0 Å². The van der Waals surface area contributed by atoms with E-state index in [0.29, 0.717) is 6.42 Å². The van der Waals surface area contributed by atoms with Gasteiger partial charge in [0.15, 0.2) is 0 Å². The molecule has 0 amide bonds. The van der Waals surface area contributed by atoms with E-state index in [-0.39, 0.29) is 5.75 Å². The van der Waals surface area contributed by atoms with Gasteiger partial charge in [0.05, 0.1) is 5.75 Å². The zero-order valence-electron chi connectivity index (χ0n) is 7.02. The van der Waals surface area contributed by atoms with Gasteiger partial charge in [-0.05, 0) is 6.42 Å². The molecule has 0 fully saturated rings. The minimum atomic E-state index is -3.82. The number of rotatable bonds is 6. The molecule has 12 heavy (non-hydrogen) atoms. The number of unbranched alkanes of at least 4 members (excludes halogenated alkanes) is 3. The SMILES string of the molecule is CCCCCCS(=O)(=O)[SH](=O)=O. The van der Waals surface area contributed by atoms with Gasteiger partial charge in [0.25, 0.3) is 8.87 Å². The number of thiol groups is 1. The Morgan fingerprint density at radius 2 is 1.67 bits per heavy atom. The third kappa shape index (κ3) is 4.71. The van der Waals surface area contributed by atoms with Gasteiger partial charge in [-0.15, -0.1) is 0 Å². The fourth-order valence-electron chi connectivity index (χ4n) is 0.786. The van der Waals surface area contributed by atoms with E-state index in [1.165, 1.54) is 0 Å². The first-order valence-corrected chi connectivity index (χ1v) is 7.31. The third-order valence-electron chi connectivity index (χ3n) is 1.48. The van der Waals surface area contributed by atoms with Gasteiger partial charge in [0.2, 0.25) is 9.74 Å². The summed E-state index contributed by atoms with van der Waals surface area (Å²) in [5, 5.41) is 0. The van der Waals surface area contributed by atoms with Crippen molar-refractivity contribution in [2.75, 3.05) is 5.75 Å². The van der Waals surface area contributed by atoms with Gasteiger partial charge in [-0.2, -0.15) is 0 Å². The maximum atomic E-state index is 10.7. The molecule has 0 atom stereocenters. The molecule has 0 unspecified atom stereocenters. The molecule has 0 saturated carbocycles. The summed E-state index contributed by atoms with van der Waals surface area (Å²) >= 11 is 0. The van der Waals surface area contributed by atoms with Gasteiger partial charge in [-0.1, -0.05) is 26.2 Å². The Kier molecular flexibility index (Phi) is 5.48. The Balaban J connectivity index is 3.79. The van der Waals surface area contributed by atoms with E-state index in [2.05, 4.69) is 0 Å². The highest BCUT2D eigenvalue weighted by Crippen LogP contribution is 2.02. The average molecular weight is 214 g/mol. The smallest absolute Gasteiger partial charge is 0.216 e. The molecule has 0 N–H and O–H groups in total. The second kappa shape index (κ2) is 5.53. The molecule has 6 heteroatoms. The van der Waals surface area contributed by atoms with E-state index in [1.54, 1.807) is 0 Å². The predicted molar refractivity (Wildman–Crippen MR) is 48.2 cm³/mol. The van der Waals surface area contributed by atoms with Crippen LogP contribution in [0, 0.1) is 0 Å². The Bertz CT molecular complexity index is 268. The Labute approximate surface area is 74.2 Å². The molecule has 0 rings (SSSR count). The molecule has 0 aliphatic carbocycles. The summed E-state index contributed by atoms with van der Waals surface area (Å²) in [7, 11) is -7.12. The average Bonchev–Trinajstić information content (AvgIpc) is 1.98. The molecule has 0 aromatic rings. The fraction of sp³-hybridized carbons (Fsp3) is 1.00. The van der Waals surface area contributed by atoms with Crippen LogP contribution in [-0.4, -0.2) is 22.6 Å². The second-order valence-electron chi connectivity index (χ2n) is 2.57. The zero-order valence-corrected chi connectivity index (χ0v) is 8.73. The first-order valence-electron chi connectivity index (χ1n) is 3.88. The molecule has 74 valence electrons. The number of hydrogen-bond donors (Lipinski definition) is 1. The van der Waals surface area contributed by atoms with Crippen molar-refractivity contribution >= 4 is 18.6 Å². The summed E-state index contributed by atoms with van der Waals surface area (Å²) in [5.74, 6) is -0.230. The lowest BCUT2D eigenvalue weighted by molar-refractivity contribution is 0.587. The molecular weight excluding hydrogens is 200 g/mol. The summed E-state index contributed by atoms with van der Waals surface area (Å²) in [4.78, 5) is 0. The summed E-state index contributed by atoms with van der Waals surface area (Å²) in [6.45, 7) is 2.00. The van der Waals surface area contributed by atoms with Crippen LogP contribution in [0.2, 0.25) is 0 Å². The lowest BCUT2D eigenvalue weighted by atomic mass is 10.2. The van der Waals surface area contributed by atoms with Gasteiger partial charge < -0.3 is 0 Å². The van der Waals surface area contributed by atoms with Crippen LogP contribution < -0.4 is 0 Å². The van der Waals surface area contributed by atoms with Crippen molar-refractivity contribution < 1.29 is 16.8 Å². The Morgan fingerprint density at radius 1 is 1.08 bits per heavy atom. The fourth-order valence-corrected chi connectivity index (χ4v) is 2.34. The quantitative estimate of drug-likeness (QED) is 0.397. The molecule has 4 nitrogen and oxygen atoms in total. The molecule has 0 bridgehead atoms. The van der Waals surface area contributed by atoms with Crippen LogP contribution >= 0.6 is 0 Å². The maximum Gasteiger partial charge on any atom is 0.251 e. The predicted octanol–water partition coefficient (Wildman–Crippen LogP) is 0.508. The van der Waals surface area contributed by atoms with Crippen LogP contribution in [0.15, 0.2) is 0 Å². The van der Waals surface area contributed by atoms with Crippen molar-refractivity contribution in [1.29, 1.82) is 0 Å². The van der Waals surface area contributed by atoms with Crippen molar-refractivity contribution in [2.24, 2.45) is 0 Å². The van der Waals surface area contributed by atoms with Gasteiger partial charge in [0.1, 0.15) is 0 Å². The highest BCUT2D eigenvalue weighted by Gasteiger charge is 2.11. The van der Waals surface area contributed by atoms with Gasteiger partial charge in [-0.3, -0.25) is 0 Å². The Morgan fingerprint density at radius 3 is 2.08 bits per heavy atom. The molecule has 0 aromatic heterocycles. The molecule has 0 aliphatic heterocycles. The largest absolute Gasteiger partial charge is 0.251 e. The standard InChI is InChI=1S/C6H14O4S2/c1-2-3-4-5-6-12(9,10)11(7)8/h11H,2-6H2,1H3. The van der Waals surface area contributed by atoms with Crippen molar-refractivity contribution in [1.82, 2.24) is 0 Å². The van der Waals surface area contributed by atoms with E-state index in [1.807, 2.05) is 6.92 Å². The molecule has 0 heterocycles. The van der Waals surface area contributed by atoms with E-state index < -0.39 is 18.6 Å². The van der Waals surface area contributed by atoms with E-state index >= 15 is 0 Å². The lowest BCUT2D eigenvalue weighted by Gasteiger charge is -1.95. The van der Waals surface area contributed by atoms with Crippen LogP contribution in [0.4, 0.5) is 0 Å². The maximum absolute atomic E-state index is 10.7. The van der Waals surface area contributed by atoms with E-state index in [9.17, 15) is 16.8 Å². The van der Waals surface area contributed by atoms with Crippen molar-refractivity contribution in [2.45, 2.75) is 32.6 Å². The summed E-state index contributed by atoms with van der Waals surface area (Å²) in [5.41, 5.74) is 0. The first kappa shape index (κ1) is 11.9. The van der Waals surface area contributed by atoms with Gasteiger partial charge in [0, 0.05) is 0 Å². The van der Waals surface area contributed by atoms with E-state index in [4.69, 9.17) is 0 Å². The van der Waals surface area contributed by atoms with Crippen LogP contribution in [0.1, 0.15) is 32.6 Å². The van der Waals surface area contributed by atoms with Crippen molar-refractivity contribution in [3.05, 3.63) is 0 Å². The first-order chi connectivity index (χ1) is 5.50. The molecule has 0 aliphatic rings. The Hall–Kier alpha value is -0.100. The summed E-state index contributed by atoms with van der Waals surface area (Å²) in [6, 6.07) is 0.